The lowest BCUT2D eigenvalue weighted by Crippen LogP contribution is -2.12. The van der Waals surface area contributed by atoms with Crippen molar-refractivity contribution in [1.82, 2.24) is 9.97 Å². The predicted octanol–water partition coefficient (Wildman–Crippen LogP) is 2.62. The van der Waals surface area contributed by atoms with Crippen molar-refractivity contribution in [3.8, 4) is 10.6 Å². The van der Waals surface area contributed by atoms with Crippen molar-refractivity contribution in [2.24, 2.45) is 16.5 Å². The second-order valence-corrected chi connectivity index (χ2v) is 6.79. The summed E-state index contributed by atoms with van der Waals surface area (Å²) in [5.74, 6) is -0.0452. The van der Waals surface area contributed by atoms with Gasteiger partial charge in [-0.1, -0.05) is 11.6 Å². The van der Waals surface area contributed by atoms with Gasteiger partial charge in [-0.2, -0.15) is 0 Å². The third kappa shape index (κ3) is 3.72. The van der Waals surface area contributed by atoms with Gasteiger partial charge in [0.1, 0.15) is 6.17 Å². The van der Waals surface area contributed by atoms with Crippen LogP contribution in [-0.4, -0.2) is 22.1 Å². The number of nitrogens with two attached hydrogens (primary N) is 3. The van der Waals surface area contributed by atoms with Gasteiger partial charge in [-0.15, -0.1) is 11.3 Å². The molecule has 2 heterocycles. The fraction of sp³-hybridized carbons (Fsp3) is 0.0588. The Morgan fingerprint density at radius 3 is 2.65 bits per heavy atom. The first-order chi connectivity index (χ1) is 12.5. The van der Waals surface area contributed by atoms with E-state index in [-0.39, 0.29) is 11.7 Å². The van der Waals surface area contributed by atoms with E-state index in [2.05, 4.69) is 15.0 Å². The lowest BCUT2D eigenvalue weighted by molar-refractivity contribution is 0.103. The average Bonchev–Trinajstić information content (AvgIpc) is 3.07. The van der Waals surface area contributed by atoms with Gasteiger partial charge >= 0.3 is 0 Å². The molecule has 26 heavy (non-hydrogen) atoms. The van der Waals surface area contributed by atoms with E-state index in [1.54, 1.807) is 42.6 Å². The maximum atomic E-state index is 13.0. The zero-order valence-corrected chi connectivity index (χ0v) is 15.0. The van der Waals surface area contributed by atoms with Crippen LogP contribution in [0.3, 0.4) is 0 Å². The van der Waals surface area contributed by atoms with E-state index in [0.717, 1.165) is 11.2 Å². The fourth-order valence-corrected chi connectivity index (χ4v) is 3.56. The minimum absolute atomic E-state index is 0.146. The average molecular weight is 387 g/mol. The van der Waals surface area contributed by atoms with Crippen LogP contribution in [0.5, 0.6) is 0 Å². The first-order valence-corrected chi connectivity index (χ1v) is 8.71. The third-order valence-corrected chi connectivity index (χ3v) is 5.03. The molecular formula is C17H15ClN6OS. The Hall–Kier alpha value is -2.81. The number of nitrogen functional groups attached to an aromatic ring is 1. The molecule has 0 aliphatic heterocycles. The number of nitrogens with zero attached hydrogens (tertiary/aromatic N) is 3. The second-order valence-electron chi connectivity index (χ2n) is 5.27. The van der Waals surface area contributed by atoms with E-state index in [1.807, 2.05) is 0 Å². The molecule has 1 unspecified atom stereocenters. The molecule has 0 fully saturated rings. The van der Waals surface area contributed by atoms with E-state index in [9.17, 15) is 4.79 Å². The molecule has 3 rings (SSSR count). The molecule has 0 aliphatic carbocycles. The molecule has 7 nitrogen and oxygen atoms in total. The Balaban J connectivity index is 2.10. The van der Waals surface area contributed by atoms with Crippen LogP contribution >= 0.6 is 22.9 Å². The number of anilines is 1. The number of hydrogen-bond acceptors (Lipinski definition) is 7. The molecule has 0 spiro atoms. The van der Waals surface area contributed by atoms with Crippen molar-refractivity contribution in [2.45, 2.75) is 6.17 Å². The standard InChI is InChI=1S/C17H15ClN6OS/c18-10-3-1-9(2-4-10)14(25)11-7-13(12-5-6-22-17(21)24-12)26-15(11)16(20)23-8-19/h1-8,16H,20H2,(H2,19,23)(H2,21,22,24). The van der Waals surface area contributed by atoms with Crippen LogP contribution in [0.1, 0.15) is 27.0 Å². The summed E-state index contributed by atoms with van der Waals surface area (Å²) in [6.07, 6.45) is 1.91. The molecule has 1 atom stereocenters. The van der Waals surface area contributed by atoms with Crippen molar-refractivity contribution in [2.75, 3.05) is 5.73 Å². The minimum Gasteiger partial charge on any atom is -0.390 e. The molecule has 1 aromatic carbocycles. The molecule has 2 aromatic heterocycles. The van der Waals surface area contributed by atoms with Gasteiger partial charge < -0.3 is 17.2 Å². The molecule has 3 aromatic rings. The largest absolute Gasteiger partial charge is 0.390 e. The summed E-state index contributed by atoms with van der Waals surface area (Å²) < 4.78 is 0. The van der Waals surface area contributed by atoms with Gasteiger partial charge in [0.05, 0.1) is 21.8 Å². The number of aromatic nitrogens is 2. The van der Waals surface area contributed by atoms with E-state index < -0.39 is 6.17 Å². The molecule has 0 amide bonds. The summed E-state index contributed by atoms with van der Waals surface area (Å²) in [5.41, 5.74) is 18.6. The predicted molar refractivity (Wildman–Crippen MR) is 104 cm³/mol. The van der Waals surface area contributed by atoms with Gasteiger partial charge in [0.2, 0.25) is 5.95 Å². The number of halogens is 1. The summed E-state index contributed by atoms with van der Waals surface area (Å²) in [4.78, 5) is 26.3. The highest BCUT2D eigenvalue weighted by Gasteiger charge is 2.22. The molecule has 132 valence electrons. The quantitative estimate of drug-likeness (QED) is 0.350. The Bertz CT molecular complexity index is 970. The first-order valence-electron chi connectivity index (χ1n) is 7.51. The Morgan fingerprint density at radius 1 is 1.27 bits per heavy atom. The van der Waals surface area contributed by atoms with E-state index in [1.165, 1.54) is 11.3 Å². The Morgan fingerprint density at radius 2 is 2.00 bits per heavy atom. The van der Waals surface area contributed by atoms with Crippen molar-refractivity contribution in [1.29, 1.82) is 0 Å². The number of benzene rings is 1. The maximum absolute atomic E-state index is 13.0. The number of carbonyl (C=O) groups excluding carboxylic acids is 1. The summed E-state index contributed by atoms with van der Waals surface area (Å²) >= 11 is 7.20. The van der Waals surface area contributed by atoms with E-state index >= 15 is 0 Å². The molecule has 0 aliphatic rings. The minimum atomic E-state index is -0.760. The van der Waals surface area contributed by atoms with Crippen LogP contribution in [0.15, 0.2) is 47.6 Å². The van der Waals surface area contributed by atoms with Gasteiger partial charge in [0.15, 0.2) is 5.78 Å². The number of thiophene rings is 1. The number of aliphatic imine (C=N–C) groups is 1. The highest BCUT2D eigenvalue weighted by molar-refractivity contribution is 7.16. The van der Waals surface area contributed by atoms with Crippen LogP contribution < -0.4 is 17.2 Å². The van der Waals surface area contributed by atoms with Gasteiger partial charge in [0, 0.05) is 22.3 Å². The van der Waals surface area contributed by atoms with Crippen molar-refractivity contribution in [3.63, 3.8) is 0 Å². The second kappa shape index (κ2) is 7.61. The lowest BCUT2D eigenvalue weighted by atomic mass is 10.0. The fourth-order valence-electron chi connectivity index (χ4n) is 2.36. The molecule has 6 N–H and O–H groups in total. The molecule has 0 bridgehead atoms. The van der Waals surface area contributed by atoms with E-state index in [0.29, 0.717) is 26.7 Å². The van der Waals surface area contributed by atoms with Gasteiger partial charge in [-0.3, -0.25) is 9.79 Å². The van der Waals surface area contributed by atoms with Crippen LogP contribution in [0, 0.1) is 0 Å². The number of ketones is 1. The van der Waals surface area contributed by atoms with Crippen LogP contribution in [0.2, 0.25) is 5.02 Å². The zero-order chi connectivity index (χ0) is 18.7. The molecular weight excluding hydrogens is 372 g/mol. The smallest absolute Gasteiger partial charge is 0.220 e. The highest BCUT2D eigenvalue weighted by Crippen LogP contribution is 2.35. The normalized spacial score (nSPS) is 12.4. The van der Waals surface area contributed by atoms with Gasteiger partial charge in [0.25, 0.3) is 0 Å². The third-order valence-electron chi connectivity index (χ3n) is 3.55. The lowest BCUT2D eigenvalue weighted by Gasteiger charge is -2.07. The van der Waals surface area contributed by atoms with Crippen molar-refractivity contribution in [3.05, 3.63) is 63.6 Å². The number of hydrogen-bond donors (Lipinski definition) is 3. The van der Waals surface area contributed by atoms with Crippen molar-refractivity contribution < 1.29 is 4.79 Å². The van der Waals surface area contributed by atoms with Gasteiger partial charge in [-0.05, 0) is 36.4 Å². The molecule has 0 saturated heterocycles. The monoisotopic (exact) mass is 386 g/mol. The number of carbonyl (C=O) groups is 1. The molecule has 9 heteroatoms. The summed E-state index contributed by atoms with van der Waals surface area (Å²) in [5, 5.41) is 0.550. The zero-order valence-electron chi connectivity index (χ0n) is 13.5. The number of rotatable bonds is 5. The topological polar surface area (TPSA) is 133 Å². The van der Waals surface area contributed by atoms with Gasteiger partial charge in [-0.25, -0.2) is 9.97 Å². The molecule has 0 saturated carbocycles. The van der Waals surface area contributed by atoms with Crippen LogP contribution in [0.4, 0.5) is 5.95 Å². The van der Waals surface area contributed by atoms with E-state index in [4.69, 9.17) is 28.8 Å². The Kier molecular flexibility index (Phi) is 5.27. The molecule has 0 radical (unpaired) electrons. The van der Waals surface area contributed by atoms with Crippen LogP contribution in [0.25, 0.3) is 10.6 Å². The maximum Gasteiger partial charge on any atom is 0.220 e. The first kappa shape index (κ1) is 18.0. The van der Waals surface area contributed by atoms with Crippen molar-refractivity contribution >= 4 is 41.0 Å². The Labute approximate surface area is 158 Å². The summed E-state index contributed by atoms with van der Waals surface area (Å²) in [6, 6.07) is 10.1. The summed E-state index contributed by atoms with van der Waals surface area (Å²) in [7, 11) is 0. The highest BCUT2D eigenvalue weighted by atomic mass is 35.5. The summed E-state index contributed by atoms with van der Waals surface area (Å²) in [6.45, 7) is 0. The van der Waals surface area contributed by atoms with Crippen LogP contribution in [-0.2, 0) is 0 Å². The SMILES string of the molecule is NC=NC(N)c1sc(-c2ccnc(N)n2)cc1C(=O)c1ccc(Cl)cc1.